The van der Waals surface area contributed by atoms with Crippen LogP contribution in [0.3, 0.4) is 0 Å². The van der Waals surface area contributed by atoms with Crippen LogP contribution in [0.2, 0.25) is 5.02 Å². The van der Waals surface area contributed by atoms with Crippen LogP contribution in [0.4, 0.5) is 0 Å². The summed E-state index contributed by atoms with van der Waals surface area (Å²) in [4.78, 5) is 17.2. The average molecular weight is 365 g/mol. The van der Waals surface area contributed by atoms with E-state index in [0.29, 0.717) is 0 Å². The van der Waals surface area contributed by atoms with Gasteiger partial charge in [-0.15, -0.1) is 0 Å². The molecule has 1 aliphatic rings. The number of carbonyl (C=O) groups excluding carboxylic acids is 1. The molecule has 0 unspecified atom stereocenters. The standard InChI is InChI=1S/C22H21ClN2O/c23-21-9-5-17(6-10-21)16-24-11-13-25(14-12-24)22(26)20-8-7-18-3-1-2-4-19(18)15-20/h1-10,15H,11-14,16H2. The summed E-state index contributed by atoms with van der Waals surface area (Å²) >= 11 is 5.95. The lowest BCUT2D eigenvalue weighted by Crippen LogP contribution is -2.48. The lowest BCUT2D eigenvalue weighted by Gasteiger charge is -2.34. The van der Waals surface area contributed by atoms with Gasteiger partial charge in [-0.1, -0.05) is 54.1 Å². The molecule has 0 aliphatic carbocycles. The zero-order chi connectivity index (χ0) is 17.9. The summed E-state index contributed by atoms with van der Waals surface area (Å²) in [5.74, 6) is 0.127. The number of carbonyl (C=O) groups is 1. The van der Waals surface area contributed by atoms with Crippen molar-refractivity contribution in [1.82, 2.24) is 9.80 Å². The molecule has 1 saturated heterocycles. The molecule has 1 amide bonds. The van der Waals surface area contributed by atoms with Crippen LogP contribution in [-0.4, -0.2) is 41.9 Å². The number of fused-ring (bicyclic) bond motifs is 1. The molecule has 3 aromatic carbocycles. The fourth-order valence-corrected chi connectivity index (χ4v) is 3.59. The van der Waals surface area contributed by atoms with Gasteiger partial charge in [0.05, 0.1) is 0 Å². The Morgan fingerprint density at radius 2 is 1.54 bits per heavy atom. The first-order chi connectivity index (χ1) is 12.7. The van der Waals surface area contributed by atoms with Gasteiger partial charge in [-0.05, 0) is 40.6 Å². The topological polar surface area (TPSA) is 23.6 Å². The van der Waals surface area contributed by atoms with E-state index >= 15 is 0 Å². The van der Waals surface area contributed by atoms with Gasteiger partial charge in [0.2, 0.25) is 0 Å². The van der Waals surface area contributed by atoms with Crippen LogP contribution in [0.5, 0.6) is 0 Å². The highest BCUT2D eigenvalue weighted by molar-refractivity contribution is 6.30. The van der Waals surface area contributed by atoms with Gasteiger partial charge in [0.25, 0.3) is 5.91 Å². The lowest BCUT2D eigenvalue weighted by atomic mass is 10.1. The van der Waals surface area contributed by atoms with Gasteiger partial charge in [-0.2, -0.15) is 0 Å². The van der Waals surface area contributed by atoms with Crippen LogP contribution in [0, 0.1) is 0 Å². The van der Waals surface area contributed by atoms with Crippen LogP contribution in [0.1, 0.15) is 15.9 Å². The van der Waals surface area contributed by atoms with Gasteiger partial charge in [0.15, 0.2) is 0 Å². The number of rotatable bonds is 3. The summed E-state index contributed by atoms with van der Waals surface area (Å²) in [6, 6.07) is 22.1. The number of piperazine rings is 1. The Balaban J connectivity index is 1.38. The van der Waals surface area contributed by atoms with Crippen LogP contribution in [0.25, 0.3) is 10.8 Å². The molecule has 132 valence electrons. The van der Waals surface area contributed by atoms with Gasteiger partial charge >= 0.3 is 0 Å². The largest absolute Gasteiger partial charge is 0.336 e. The molecule has 4 heteroatoms. The quantitative estimate of drug-likeness (QED) is 0.685. The Morgan fingerprint density at radius 3 is 2.27 bits per heavy atom. The Bertz CT molecular complexity index is 915. The maximum Gasteiger partial charge on any atom is 0.253 e. The Hall–Kier alpha value is -2.36. The SMILES string of the molecule is O=C(c1ccc2ccccc2c1)N1CCN(Cc2ccc(Cl)cc2)CC1. The molecular formula is C22H21ClN2O. The Kier molecular flexibility index (Phi) is 4.91. The van der Waals surface area contributed by atoms with Crippen molar-refractivity contribution in [3.05, 3.63) is 82.9 Å². The van der Waals surface area contributed by atoms with Crippen LogP contribution in [0.15, 0.2) is 66.7 Å². The molecule has 0 saturated carbocycles. The Morgan fingerprint density at radius 1 is 0.846 bits per heavy atom. The van der Waals surface area contributed by atoms with Gasteiger partial charge in [-0.25, -0.2) is 0 Å². The van der Waals surface area contributed by atoms with Crippen molar-refractivity contribution in [3.63, 3.8) is 0 Å². The van der Waals surface area contributed by atoms with Crippen molar-refractivity contribution < 1.29 is 4.79 Å². The van der Waals surface area contributed by atoms with Gasteiger partial charge in [-0.3, -0.25) is 9.69 Å². The third-order valence-electron chi connectivity index (χ3n) is 4.98. The maximum absolute atomic E-state index is 12.8. The van der Waals surface area contributed by atoms with E-state index in [1.54, 1.807) is 0 Å². The van der Waals surface area contributed by atoms with Crippen molar-refractivity contribution in [2.45, 2.75) is 6.54 Å². The highest BCUT2D eigenvalue weighted by Crippen LogP contribution is 2.18. The number of halogens is 1. The summed E-state index contributed by atoms with van der Waals surface area (Å²) in [7, 11) is 0. The molecule has 0 atom stereocenters. The molecule has 0 N–H and O–H groups in total. The first kappa shape index (κ1) is 17.1. The minimum absolute atomic E-state index is 0.127. The van der Waals surface area contributed by atoms with Gasteiger partial charge < -0.3 is 4.90 Å². The second kappa shape index (κ2) is 7.48. The third-order valence-corrected chi connectivity index (χ3v) is 5.23. The van der Waals surface area contributed by atoms with Crippen LogP contribution < -0.4 is 0 Å². The number of hydrogen-bond acceptors (Lipinski definition) is 2. The average Bonchev–Trinajstić information content (AvgIpc) is 2.69. The molecule has 3 nitrogen and oxygen atoms in total. The van der Waals surface area contributed by atoms with E-state index in [1.165, 1.54) is 5.56 Å². The predicted molar refractivity (Wildman–Crippen MR) is 107 cm³/mol. The van der Waals surface area contributed by atoms with E-state index in [0.717, 1.165) is 54.1 Å². The van der Waals surface area contributed by atoms with E-state index in [1.807, 2.05) is 47.4 Å². The number of hydrogen-bond donors (Lipinski definition) is 0. The minimum Gasteiger partial charge on any atom is -0.336 e. The number of benzene rings is 3. The zero-order valence-corrected chi connectivity index (χ0v) is 15.3. The molecule has 3 aromatic rings. The normalized spacial score (nSPS) is 15.3. The van der Waals surface area contributed by atoms with Crippen LogP contribution >= 0.6 is 11.6 Å². The molecule has 0 radical (unpaired) electrons. The molecule has 4 rings (SSSR count). The van der Waals surface area contributed by atoms with Crippen molar-refractivity contribution in [2.24, 2.45) is 0 Å². The fraction of sp³-hybridized carbons (Fsp3) is 0.227. The number of nitrogens with zero attached hydrogens (tertiary/aromatic N) is 2. The summed E-state index contributed by atoms with van der Waals surface area (Å²) < 4.78 is 0. The summed E-state index contributed by atoms with van der Waals surface area (Å²) in [6.07, 6.45) is 0. The fourth-order valence-electron chi connectivity index (χ4n) is 3.46. The first-order valence-corrected chi connectivity index (χ1v) is 9.32. The third kappa shape index (κ3) is 3.74. The number of amides is 1. The van der Waals surface area contributed by atoms with Crippen molar-refractivity contribution >= 4 is 28.3 Å². The van der Waals surface area contributed by atoms with Crippen LogP contribution in [-0.2, 0) is 6.54 Å². The molecule has 0 aromatic heterocycles. The van der Waals surface area contributed by atoms with E-state index in [-0.39, 0.29) is 5.91 Å². The lowest BCUT2D eigenvalue weighted by molar-refractivity contribution is 0.0628. The van der Waals surface area contributed by atoms with Crippen molar-refractivity contribution in [2.75, 3.05) is 26.2 Å². The molecule has 1 heterocycles. The summed E-state index contributed by atoms with van der Waals surface area (Å²) in [5.41, 5.74) is 2.03. The van der Waals surface area contributed by atoms with Crippen molar-refractivity contribution in [3.8, 4) is 0 Å². The molecule has 0 bridgehead atoms. The monoisotopic (exact) mass is 364 g/mol. The van der Waals surface area contributed by atoms with Gasteiger partial charge in [0.1, 0.15) is 0 Å². The first-order valence-electron chi connectivity index (χ1n) is 8.94. The molecule has 1 aliphatic heterocycles. The Labute approximate surface area is 158 Å². The molecular weight excluding hydrogens is 344 g/mol. The molecule has 26 heavy (non-hydrogen) atoms. The molecule has 1 fully saturated rings. The summed E-state index contributed by atoms with van der Waals surface area (Å²) in [6.45, 7) is 4.21. The maximum atomic E-state index is 12.8. The highest BCUT2D eigenvalue weighted by Gasteiger charge is 2.22. The van der Waals surface area contributed by atoms with E-state index in [9.17, 15) is 4.79 Å². The smallest absolute Gasteiger partial charge is 0.253 e. The van der Waals surface area contributed by atoms with Crippen molar-refractivity contribution in [1.29, 1.82) is 0 Å². The second-order valence-corrected chi connectivity index (χ2v) is 7.19. The van der Waals surface area contributed by atoms with Gasteiger partial charge in [0, 0.05) is 43.3 Å². The van der Waals surface area contributed by atoms with E-state index < -0.39 is 0 Å². The zero-order valence-electron chi connectivity index (χ0n) is 14.6. The molecule has 0 spiro atoms. The predicted octanol–water partition coefficient (Wildman–Crippen LogP) is 4.45. The summed E-state index contributed by atoms with van der Waals surface area (Å²) in [5, 5.41) is 3.04. The minimum atomic E-state index is 0.127. The second-order valence-electron chi connectivity index (χ2n) is 6.76. The highest BCUT2D eigenvalue weighted by atomic mass is 35.5. The van der Waals surface area contributed by atoms with E-state index in [2.05, 4.69) is 29.2 Å². The van der Waals surface area contributed by atoms with E-state index in [4.69, 9.17) is 11.6 Å².